The molecule has 0 aliphatic heterocycles. The van der Waals surface area contributed by atoms with Gasteiger partial charge in [-0.1, -0.05) is 54.1 Å². The Morgan fingerprint density at radius 1 is 1.09 bits per heavy atom. The van der Waals surface area contributed by atoms with E-state index in [9.17, 15) is 19.5 Å². The zero-order chi connectivity index (χ0) is 25.2. The third-order valence-electron chi connectivity index (χ3n) is 6.21. The number of carboxylic acid groups (broad SMARTS) is 1. The summed E-state index contributed by atoms with van der Waals surface area (Å²) in [6, 6.07) is 14.2. The Kier molecular flexibility index (Phi) is 9.41. The SMILES string of the molecule is COC(=O)C(C)c1ccc(OC(CCC2=CCCCC2)C(=O)O)c(C(=O)/C=C/c2ccccc2)c1. The summed E-state index contributed by atoms with van der Waals surface area (Å²) in [5.74, 6) is -2.26. The molecule has 0 saturated carbocycles. The number of hydrogen-bond acceptors (Lipinski definition) is 5. The molecule has 1 aliphatic carbocycles. The molecule has 2 aromatic rings. The molecular formula is C29H32O6. The molecule has 0 radical (unpaired) electrons. The maximum Gasteiger partial charge on any atom is 0.344 e. The van der Waals surface area contributed by atoms with E-state index in [2.05, 4.69) is 6.08 Å². The Balaban J connectivity index is 1.88. The molecule has 6 nitrogen and oxygen atoms in total. The number of carbonyl (C=O) groups is 3. The molecule has 2 atom stereocenters. The summed E-state index contributed by atoms with van der Waals surface area (Å²) in [4.78, 5) is 37.2. The summed E-state index contributed by atoms with van der Waals surface area (Å²) >= 11 is 0. The van der Waals surface area contributed by atoms with Crippen molar-refractivity contribution in [3.05, 3.63) is 82.9 Å². The number of aliphatic carboxylic acids is 1. The van der Waals surface area contributed by atoms with Crippen LogP contribution in [0.3, 0.4) is 0 Å². The van der Waals surface area contributed by atoms with Crippen LogP contribution in [0.2, 0.25) is 0 Å². The first-order chi connectivity index (χ1) is 16.9. The van der Waals surface area contributed by atoms with Crippen LogP contribution in [-0.2, 0) is 14.3 Å². The summed E-state index contributed by atoms with van der Waals surface area (Å²) in [5.41, 5.74) is 2.90. The monoisotopic (exact) mass is 476 g/mol. The maximum atomic E-state index is 13.2. The number of ether oxygens (including phenoxy) is 2. The van der Waals surface area contributed by atoms with E-state index in [1.165, 1.54) is 25.2 Å². The van der Waals surface area contributed by atoms with Crippen LogP contribution in [0, 0.1) is 0 Å². The van der Waals surface area contributed by atoms with Crippen molar-refractivity contribution in [2.24, 2.45) is 0 Å². The second kappa shape index (κ2) is 12.7. The number of rotatable bonds is 11. The first kappa shape index (κ1) is 25.9. The maximum absolute atomic E-state index is 13.2. The van der Waals surface area contributed by atoms with Crippen molar-refractivity contribution < 1.29 is 29.0 Å². The van der Waals surface area contributed by atoms with Crippen molar-refractivity contribution in [2.75, 3.05) is 7.11 Å². The van der Waals surface area contributed by atoms with Gasteiger partial charge in [0, 0.05) is 0 Å². The highest BCUT2D eigenvalue weighted by atomic mass is 16.5. The van der Waals surface area contributed by atoms with Gasteiger partial charge in [-0.05, 0) is 74.8 Å². The minimum atomic E-state index is -1.09. The topological polar surface area (TPSA) is 89.9 Å². The van der Waals surface area contributed by atoms with Gasteiger partial charge in [0.05, 0.1) is 18.6 Å². The Morgan fingerprint density at radius 2 is 1.86 bits per heavy atom. The third kappa shape index (κ3) is 7.41. The lowest BCUT2D eigenvalue weighted by Gasteiger charge is -2.20. The molecule has 0 amide bonds. The van der Waals surface area contributed by atoms with Gasteiger partial charge in [-0.15, -0.1) is 0 Å². The molecule has 1 aliphatic rings. The molecule has 6 heteroatoms. The van der Waals surface area contributed by atoms with Crippen molar-refractivity contribution in [1.82, 2.24) is 0 Å². The van der Waals surface area contributed by atoms with Gasteiger partial charge in [-0.3, -0.25) is 9.59 Å². The lowest BCUT2D eigenvalue weighted by atomic mass is 9.95. The van der Waals surface area contributed by atoms with Gasteiger partial charge in [-0.2, -0.15) is 0 Å². The van der Waals surface area contributed by atoms with Crippen molar-refractivity contribution in [1.29, 1.82) is 0 Å². The number of esters is 1. The van der Waals surface area contributed by atoms with Gasteiger partial charge < -0.3 is 14.6 Å². The number of benzene rings is 2. The second-order valence-corrected chi connectivity index (χ2v) is 8.70. The molecule has 35 heavy (non-hydrogen) atoms. The summed E-state index contributed by atoms with van der Waals surface area (Å²) in [6.07, 6.45) is 9.47. The van der Waals surface area contributed by atoms with Gasteiger partial charge in [0.1, 0.15) is 5.75 Å². The average molecular weight is 477 g/mol. The fraction of sp³-hybridized carbons (Fsp3) is 0.345. The van der Waals surface area contributed by atoms with E-state index in [1.54, 1.807) is 31.2 Å². The molecule has 0 bridgehead atoms. The van der Waals surface area contributed by atoms with Crippen LogP contribution in [0.1, 0.15) is 72.9 Å². The van der Waals surface area contributed by atoms with E-state index in [0.717, 1.165) is 24.8 Å². The highest BCUT2D eigenvalue weighted by Crippen LogP contribution is 2.29. The highest BCUT2D eigenvalue weighted by Gasteiger charge is 2.24. The average Bonchev–Trinajstić information content (AvgIpc) is 2.89. The van der Waals surface area contributed by atoms with Crippen LogP contribution in [-0.4, -0.2) is 36.0 Å². The normalized spacial score (nSPS) is 15.2. The summed E-state index contributed by atoms with van der Waals surface area (Å²) in [7, 11) is 1.31. The quantitative estimate of drug-likeness (QED) is 0.186. The highest BCUT2D eigenvalue weighted by molar-refractivity contribution is 6.09. The Bertz CT molecular complexity index is 1100. The van der Waals surface area contributed by atoms with Gasteiger partial charge >= 0.3 is 11.9 Å². The zero-order valence-electron chi connectivity index (χ0n) is 20.2. The smallest absolute Gasteiger partial charge is 0.344 e. The van der Waals surface area contributed by atoms with Crippen LogP contribution in [0.4, 0.5) is 0 Å². The van der Waals surface area contributed by atoms with E-state index in [4.69, 9.17) is 9.47 Å². The summed E-state index contributed by atoms with van der Waals surface area (Å²) in [6.45, 7) is 1.69. The largest absolute Gasteiger partial charge is 0.479 e. The molecule has 0 aromatic heterocycles. The summed E-state index contributed by atoms with van der Waals surface area (Å²) < 4.78 is 10.7. The first-order valence-corrected chi connectivity index (χ1v) is 12.0. The Hall–Kier alpha value is -3.67. The second-order valence-electron chi connectivity index (χ2n) is 8.70. The molecule has 0 saturated heterocycles. The van der Waals surface area contributed by atoms with Gasteiger partial charge in [0.2, 0.25) is 0 Å². The van der Waals surface area contributed by atoms with Crippen molar-refractivity contribution >= 4 is 23.8 Å². The van der Waals surface area contributed by atoms with Crippen molar-refractivity contribution in [2.45, 2.75) is 57.5 Å². The predicted molar refractivity (Wildman–Crippen MR) is 135 cm³/mol. The molecule has 0 spiro atoms. The molecule has 1 N–H and O–H groups in total. The minimum absolute atomic E-state index is 0.179. The molecule has 184 valence electrons. The van der Waals surface area contributed by atoms with E-state index in [1.807, 2.05) is 30.3 Å². The van der Waals surface area contributed by atoms with E-state index < -0.39 is 24.0 Å². The van der Waals surface area contributed by atoms with Crippen LogP contribution in [0.25, 0.3) is 6.08 Å². The number of hydrogen-bond donors (Lipinski definition) is 1. The standard InChI is InChI=1S/C29H32O6/c1-20(29(33)34-2)23-15-18-26(24(19-23)25(30)16-13-21-9-5-3-6-10-21)35-27(28(31)32)17-14-22-11-7-4-8-12-22/h3,5-6,9-11,13,15-16,18-20,27H,4,7-8,12,14,17H2,1-2H3,(H,31,32)/b16-13+. The fourth-order valence-corrected chi connectivity index (χ4v) is 4.09. The van der Waals surface area contributed by atoms with Crippen LogP contribution in [0.5, 0.6) is 5.75 Å². The molecule has 0 heterocycles. The zero-order valence-corrected chi connectivity index (χ0v) is 20.2. The number of ketones is 1. The van der Waals surface area contributed by atoms with Gasteiger partial charge in [-0.25, -0.2) is 4.79 Å². The van der Waals surface area contributed by atoms with Gasteiger partial charge in [0.25, 0.3) is 0 Å². The Labute approximate surface area is 206 Å². The van der Waals surface area contributed by atoms with Crippen LogP contribution >= 0.6 is 0 Å². The van der Waals surface area contributed by atoms with Crippen LogP contribution < -0.4 is 4.74 Å². The predicted octanol–water partition coefficient (Wildman–Crippen LogP) is 5.97. The molecule has 0 fully saturated rings. The van der Waals surface area contributed by atoms with Crippen LogP contribution in [0.15, 0.2) is 66.3 Å². The van der Waals surface area contributed by atoms with E-state index in [-0.39, 0.29) is 17.1 Å². The number of carboxylic acids is 1. The molecule has 2 aromatic carbocycles. The minimum Gasteiger partial charge on any atom is -0.479 e. The van der Waals surface area contributed by atoms with Crippen molar-refractivity contribution in [3.63, 3.8) is 0 Å². The molecule has 2 unspecified atom stereocenters. The first-order valence-electron chi connectivity index (χ1n) is 12.0. The van der Waals surface area contributed by atoms with E-state index in [0.29, 0.717) is 18.4 Å². The lowest BCUT2D eigenvalue weighted by molar-refractivity contribution is -0.145. The Morgan fingerprint density at radius 3 is 2.51 bits per heavy atom. The summed E-state index contributed by atoms with van der Waals surface area (Å²) in [5, 5.41) is 9.79. The third-order valence-corrected chi connectivity index (χ3v) is 6.21. The lowest BCUT2D eigenvalue weighted by Crippen LogP contribution is -2.28. The number of carbonyl (C=O) groups excluding carboxylic acids is 2. The van der Waals surface area contributed by atoms with E-state index >= 15 is 0 Å². The molecular weight excluding hydrogens is 444 g/mol. The van der Waals surface area contributed by atoms with Gasteiger partial charge in [0.15, 0.2) is 11.9 Å². The number of allylic oxidation sites excluding steroid dienone is 3. The van der Waals surface area contributed by atoms with Crippen molar-refractivity contribution in [3.8, 4) is 5.75 Å². The fourth-order valence-electron chi connectivity index (χ4n) is 4.09. The molecule has 3 rings (SSSR count). The number of methoxy groups -OCH3 is 1.